The maximum absolute atomic E-state index is 12.3. The van der Waals surface area contributed by atoms with Gasteiger partial charge in [-0.15, -0.1) is 0 Å². The summed E-state index contributed by atoms with van der Waals surface area (Å²) in [7, 11) is 0. The molecule has 140 valence electrons. The Morgan fingerprint density at radius 1 is 0.963 bits per heavy atom. The van der Waals surface area contributed by atoms with Crippen molar-refractivity contribution in [3.8, 4) is 0 Å². The van der Waals surface area contributed by atoms with Crippen molar-refractivity contribution < 1.29 is 14.4 Å². The Morgan fingerprint density at radius 3 is 2.15 bits per heavy atom. The number of nitrogens with zero attached hydrogens (tertiary/aromatic N) is 2. The van der Waals surface area contributed by atoms with Crippen LogP contribution in [0.25, 0.3) is 0 Å². The Hall–Kier alpha value is -3.15. The highest BCUT2D eigenvalue weighted by molar-refractivity contribution is 6.21. The zero-order chi connectivity index (χ0) is 19.2. The summed E-state index contributed by atoms with van der Waals surface area (Å²) in [4.78, 5) is 39.9. The summed E-state index contributed by atoms with van der Waals surface area (Å²) in [5.74, 6) is -0.526. The molecule has 0 fully saturated rings. The predicted molar refractivity (Wildman–Crippen MR) is 102 cm³/mol. The van der Waals surface area contributed by atoms with E-state index in [1.165, 1.54) is 4.90 Å². The van der Waals surface area contributed by atoms with Gasteiger partial charge in [0.1, 0.15) is 0 Å². The fraction of sp³-hybridized carbons (Fsp3) is 0.286. The Balaban J connectivity index is 1.46. The van der Waals surface area contributed by atoms with Crippen LogP contribution in [0, 0.1) is 0 Å². The molecule has 2 aromatic rings. The average Bonchev–Trinajstić information content (AvgIpc) is 2.95. The third-order valence-corrected chi connectivity index (χ3v) is 4.60. The molecule has 0 aromatic heterocycles. The maximum atomic E-state index is 12.3. The van der Waals surface area contributed by atoms with Crippen LogP contribution in [0.5, 0.6) is 0 Å². The molecule has 3 rings (SSSR count). The van der Waals surface area contributed by atoms with E-state index in [-0.39, 0.29) is 24.4 Å². The lowest BCUT2D eigenvalue weighted by atomic mass is 10.1. The summed E-state index contributed by atoms with van der Waals surface area (Å²) in [6, 6.07) is 16.5. The van der Waals surface area contributed by atoms with Crippen LogP contribution < -0.4 is 5.32 Å². The zero-order valence-electron chi connectivity index (χ0n) is 15.4. The van der Waals surface area contributed by atoms with Gasteiger partial charge in [-0.2, -0.15) is 0 Å². The minimum Gasteiger partial charge on any atom is -0.338 e. The summed E-state index contributed by atoms with van der Waals surface area (Å²) < 4.78 is 0. The van der Waals surface area contributed by atoms with Crippen molar-refractivity contribution in [2.24, 2.45) is 0 Å². The molecule has 0 aliphatic carbocycles. The second kappa shape index (κ2) is 8.49. The fourth-order valence-electron chi connectivity index (χ4n) is 3.12. The van der Waals surface area contributed by atoms with E-state index >= 15 is 0 Å². The number of fused-ring (bicyclic) bond motifs is 1. The highest BCUT2D eigenvalue weighted by atomic mass is 16.2. The van der Waals surface area contributed by atoms with Crippen molar-refractivity contribution in [1.29, 1.82) is 0 Å². The molecule has 0 saturated heterocycles. The van der Waals surface area contributed by atoms with Gasteiger partial charge in [-0.05, 0) is 31.0 Å². The molecular formula is C21H23N3O3. The minimum absolute atomic E-state index is 0.149. The quantitative estimate of drug-likeness (QED) is 0.606. The smallest absolute Gasteiger partial charge is 0.317 e. The van der Waals surface area contributed by atoms with Gasteiger partial charge in [0.05, 0.1) is 11.1 Å². The van der Waals surface area contributed by atoms with Crippen LogP contribution in [0.4, 0.5) is 4.79 Å². The normalized spacial score (nSPS) is 12.9. The predicted octanol–water partition coefficient (Wildman–Crippen LogP) is 2.90. The molecular weight excluding hydrogens is 342 g/mol. The fourth-order valence-corrected chi connectivity index (χ4v) is 3.12. The SMILES string of the molecule is CCN(Cc1ccccc1)C(=O)NCCCN1C(=O)c2ccccc2C1=O. The van der Waals surface area contributed by atoms with Crippen LogP contribution in [-0.4, -0.2) is 47.3 Å². The lowest BCUT2D eigenvalue weighted by Gasteiger charge is -2.22. The number of carbonyl (C=O) groups excluding carboxylic acids is 3. The van der Waals surface area contributed by atoms with E-state index in [0.29, 0.717) is 37.2 Å². The first-order valence-electron chi connectivity index (χ1n) is 9.13. The molecule has 27 heavy (non-hydrogen) atoms. The lowest BCUT2D eigenvalue weighted by Crippen LogP contribution is -2.40. The number of carbonyl (C=O) groups is 3. The Morgan fingerprint density at radius 2 is 1.56 bits per heavy atom. The Kier molecular flexibility index (Phi) is 5.86. The third-order valence-electron chi connectivity index (χ3n) is 4.60. The van der Waals surface area contributed by atoms with Crippen LogP contribution in [0.2, 0.25) is 0 Å². The van der Waals surface area contributed by atoms with Gasteiger partial charge < -0.3 is 10.2 Å². The molecule has 0 bridgehead atoms. The van der Waals surface area contributed by atoms with Gasteiger partial charge in [-0.25, -0.2) is 4.79 Å². The van der Waals surface area contributed by atoms with Crippen LogP contribution in [0.15, 0.2) is 54.6 Å². The van der Waals surface area contributed by atoms with Crippen LogP contribution in [0.3, 0.4) is 0 Å². The van der Waals surface area contributed by atoms with Gasteiger partial charge in [-0.3, -0.25) is 14.5 Å². The molecule has 2 aromatic carbocycles. The van der Waals surface area contributed by atoms with Crippen LogP contribution in [0.1, 0.15) is 39.6 Å². The van der Waals surface area contributed by atoms with Gasteiger partial charge in [-0.1, -0.05) is 42.5 Å². The van der Waals surface area contributed by atoms with Crippen LogP contribution in [-0.2, 0) is 6.54 Å². The van der Waals surface area contributed by atoms with E-state index in [1.807, 2.05) is 37.3 Å². The summed E-state index contributed by atoms with van der Waals surface area (Å²) >= 11 is 0. The topological polar surface area (TPSA) is 69.7 Å². The molecule has 4 amide bonds. The van der Waals surface area contributed by atoms with Gasteiger partial charge in [0.2, 0.25) is 0 Å². The van der Waals surface area contributed by atoms with E-state index in [1.54, 1.807) is 29.2 Å². The molecule has 1 N–H and O–H groups in total. The van der Waals surface area contributed by atoms with E-state index in [9.17, 15) is 14.4 Å². The molecule has 0 atom stereocenters. The van der Waals surface area contributed by atoms with E-state index < -0.39 is 0 Å². The van der Waals surface area contributed by atoms with E-state index in [0.717, 1.165) is 5.56 Å². The van der Waals surface area contributed by atoms with Crippen molar-refractivity contribution in [1.82, 2.24) is 15.1 Å². The molecule has 1 aliphatic heterocycles. The Bertz CT molecular complexity index is 801. The number of amides is 4. The van der Waals surface area contributed by atoms with Crippen LogP contribution >= 0.6 is 0 Å². The molecule has 0 unspecified atom stereocenters. The maximum Gasteiger partial charge on any atom is 0.317 e. The van der Waals surface area contributed by atoms with Gasteiger partial charge in [0.15, 0.2) is 0 Å². The van der Waals surface area contributed by atoms with Gasteiger partial charge in [0.25, 0.3) is 11.8 Å². The monoisotopic (exact) mass is 365 g/mol. The summed E-state index contributed by atoms with van der Waals surface area (Å²) in [6.07, 6.45) is 0.514. The number of hydrogen-bond acceptors (Lipinski definition) is 3. The largest absolute Gasteiger partial charge is 0.338 e. The van der Waals surface area contributed by atoms with Crippen molar-refractivity contribution >= 4 is 17.8 Å². The number of urea groups is 1. The van der Waals surface area contributed by atoms with E-state index in [2.05, 4.69) is 5.32 Å². The van der Waals surface area contributed by atoms with Crippen molar-refractivity contribution in [2.75, 3.05) is 19.6 Å². The second-order valence-electron chi connectivity index (χ2n) is 6.39. The number of benzene rings is 2. The summed E-state index contributed by atoms with van der Waals surface area (Å²) in [5.41, 5.74) is 1.97. The first kappa shape index (κ1) is 18.6. The molecule has 1 aliphatic rings. The zero-order valence-corrected chi connectivity index (χ0v) is 15.4. The minimum atomic E-state index is -0.263. The lowest BCUT2D eigenvalue weighted by molar-refractivity contribution is 0.0653. The standard InChI is InChI=1S/C21H23N3O3/c1-2-23(15-16-9-4-3-5-10-16)21(27)22-13-8-14-24-19(25)17-11-6-7-12-18(17)20(24)26/h3-7,9-12H,2,8,13-15H2,1H3,(H,22,27). The number of imide groups is 1. The molecule has 0 spiro atoms. The summed E-state index contributed by atoms with van der Waals surface area (Å²) in [5, 5.41) is 2.87. The molecule has 1 heterocycles. The molecule has 6 heteroatoms. The van der Waals surface area contributed by atoms with Gasteiger partial charge in [0, 0.05) is 26.2 Å². The highest BCUT2D eigenvalue weighted by Crippen LogP contribution is 2.22. The van der Waals surface area contributed by atoms with Crippen molar-refractivity contribution in [3.05, 3.63) is 71.3 Å². The van der Waals surface area contributed by atoms with Crippen molar-refractivity contribution in [2.45, 2.75) is 19.9 Å². The molecule has 0 saturated carbocycles. The third kappa shape index (κ3) is 4.16. The first-order chi connectivity index (χ1) is 13.1. The van der Waals surface area contributed by atoms with E-state index in [4.69, 9.17) is 0 Å². The average molecular weight is 365 g/mol. The van der Waals surface area contributed by atoms with Gasteiger partial charge >= 0.3 is 6.03 Å². The summed E-state index contributed by atoms with van der Waals surface area (Å²) in [6.45, 7) is 3.76. The Labute approximate surface area is 158 Å². The molecule has 6 nitrogen and oxygen atoms in total. The number of nitrogens with one attached hydrogen (secondary N) is 1. The number of rotatable bonds is 7. The molecule has 0 radical (unpaired) electrons. The second-order valence-corrected chi connectivity index (χ2v) is 6.39. The first-order valence-corrected chi connectivity index (χ1v) is 9.13. The number of hydrogen-bond donors (Lipinski definition) is 1. The van der Waals surface area contributed by atoms with Crippen molar-refractivity contribution in [3.63, 3.8) is 0 Å². The highest BCUT2D eigenvalue weighted by Gasteiger charge is 2.34.